The second kappa shape index (κ2) is 11.0. The van der Waals surface area contributed by atoms with Crippen LogP contribution >= 0.6 is 0 Å². The molecule has 188 valence electrons. The predicted octanol–water partition coefficient (Wildman–Crippen LogP) is 2.19. The normalized spacial score (nSPS) is 23.7. The van der Waals surface area contributed by atoms with Crippen LogP contribution in [0, 0.1) is 11.8 Å². The van der Waals surface area contributed by atoms with Gasteiger partial charge in [-0.3, -0.25) is 9.59 Å². The number of rotatable bonds is 8. The molecule has 2 aliphatic heterocycles. The highest BCUT2D eigenvalue weighted by molar-refractivity contribution is 7.89. The Hall–Kier alpha value is -2.17. The number of morpholine rings is 1. The van der Waals surface area contributed by atoms with Gasteiger partial charge in [0.25, 0.3) is 0 Å². The maximum absolute atomic E-state index is 13.2. The van der Waals surface area contributed by atoms with E-state index in [9.17, 15) is 18.0 Å². The smallest absolute Gasteiger partial charge is 0.243 e. The number of carbonyl (C=O) groups excluding carboxylic acids is 2. The van der Waals surface area contributed by atoms with E-state index in [2.05, 4.69) is 15.5 Å². The zero-order valence-electron chi connectivity index (χ0n) is 19.9. The number of ether oxygens (including phenoxy) is 1. The standard InChI is InChI=1S/C24H36N4O5S/c1-18-16-20(18)24(30)25-9-8-23(29)26-21-17-19(34(31,32)28-12-14-33-15-13-28)6-7-22(21)27-10-4-2-3-5-11-27/h6-7,17-18,20H,2-5,8-16H2,1H3,(H,25,30)(H,26,29). The van der Waals surface area contributed by atoms with E-state index in [0.29, 0.717) is 37.9 Å². The Morgan fingerprint density at radius 2 is 1.74 bits per heavy atom. The maximum atomic E-state index is 13.2. The fourth-order valence-corrected chi connectivity index (χ4v) is 6.06. The van der Waals surface area contributed by atoms with Crippen LogP contribution in [-0.4, -0.2) is 70.5 Å². The summed E-state index contributed by atoms with van der Waals surface area (Å²) in [7, 11) is -3.68. The first-order chi connectivity index (χ1) is 16.4. The van der Waals surface area contributed by atoms with Gasteiger partial charge in [0.1, 0.15) is 0 Å². The van der Waals surface area contributed by atoms with Crippen LogP contribution in [0.3, 0.4) is 0 Å². The summed E-state index contributed by atoms with van der Waals surface area (Å²) in [5, 5.41) is 5.76. The molecular weight excluding hydrogens is 456 g/mol. The highest BCUT2D eigenvalue weighted by atomic mass is 32.2. The molecule has 0 bridgehead atoms. The number of nitrogens with one attached hydrogen (secondary N) is 2. The van der Waals surface area contributed by atoms with Gasteiger partial charge in [-0.2, -0.15) is 4.31 Å². The lowest BCUT2D eigenvalue weighted by atomic mass is 10.2. The summed E-state index contributed by atoms with van der Waals surface area (Å²) in [6.45, 7) is 5.43. The van der Waals surface area contributed by atoms with Gasteiger partial charge < -0.3 is 20.3 Å². The molecular formula is C24H36N4O5S. The topological polar surface area (TPSA) is 108 Å². The molecule has 0 spiro atoms. The van der Waals surface area contributed by atoms with Gasteiger partial charge in [-0.15, -0.1) is 0 Å². The van der Waals surface area contributed by atoms with E-state index in [-0.39, 0.29) is 35.6 Å². The summed E-state index contributed by atoms with van der Waals surface area (Å²) in [5.41, 5.74) is 1.34. The molecule has 2 saturated heterocycles. The summed E-state index contributed by atoms with van der Waals surface area (Å²) in [6, 6.07) is 5.02. The van der Waals surface area contributed by atoms with E-state index in [1.54, 1.807) is 12.1 Å². The lowest BCUT2D eigenvalue weighted by Gasteiger charge is -2.28. The van der Waals surface area contributed by atoms with E-state index in [1.165, 1.54) is 17.1 Å². The number of anilines is 2. The lowest BCUT2D eigenvalue weighted by Crippen LogP contribution is -2.40. The summed E-state index contributed by atoms with van der Waals surface area (Å²) in [6.07, 6.45) is 5.50. The Kier molecular flexibility index (Phi) is 8.10. The Balaban J connectivity index is 1.49. The molecule has 34 heavy (non-hydrogen) atoms. The van der Waals surface area contributed by atoms with Crippen LogP contribution in [0.4, 0.5) is 11.4 Å². The van der Waals surface area contributed by atoms with Crippen molar-refractivity contribution < 1.29 is 22.7 Å². The molecule has 2 amide bonds. The van der Waals surface area contributed by atoms with Crippen LogP contribution in [0.1, 0.15) is 45.4 Å². The Labute approximate surface area is 202 Å². The molecule has 2 atom stereocenters. The Bertz CT molecular complexity index is 985. The van der Waals surface area contributed by atoms with Crippen LogP contribution in [-0.2, 0) is 24.3 Å². The van der Waals surface area contributed by atoms with Crippen molar-refractivity contribution in [1.29, 1.82) is 0 Å². The first kappa shape index (κ1) is 24.9. The highest BCUT2D eigenvalue weighted by Gasteiger charge is 2.38. The van der Waals surface area contributed by atoms with Gasteiger partial charge in [0.05, 0.1) is 29.5 Å². The minimum Gasteiger partial charge on any atom is -0.379 e. The number of amides is 2. The fraction of sp³-hybridized carbons (Fsp3) is 0.667. The van der Waals surface area contributed by atoms with Gasteiger partial charge in [-0.05, 0) is 43.4 Å². The van der Waals surface area contributed by atoms with E-state index >= 15 is 0 Å². The third-order valence-corrected chi connectivity index (χ3v) is 8.79. The third kappa shape index (κ3) is 6.09. The molecule has 1 aromatic carbocycles. The molecule has 10 heteroatoms. The fourth-order valence-electron chi connectivity index (χ4n) is 4.63. The summed E-state index contributed by atoms with van der Waals surface area (Å²) >= 11 is 0. The van der Waals surface area contributed by atoms with Crippen LogP contribution in [0.15, 0.2) is 23.1 Å². The maximum Gasteiger partial charge on any atom is 0.243 e. The molecule has 1 saturated carbocycles. The summed E-state index contributed by atoms with van der Waals surface area (Å²) in [4.78, 5) is 27.2. The first-order valence-electron chi connectivity index (χ1n) is 12.4. The van der Waals surface area contributed by atoms with Crippen LogP contribution in [0.5, 0.6) is 0 Å². The zero-order valence-corrected chi connectivity index (χ0v) is 20.7. The van der Waals surface area contributed by atoms with Gasteiger partial charge in [0.2, 0.25) is 21.8 Å². The highest BCUT2D eigenvalue weighted by Crippen LogP contribution is 2.37. The van der Waals surface area contributed by atoms with Crippen molar-refractivity contribution in [2.75, 3.05) is 56.2 Å². The molecule has 2 N–H and O–H groups in total. The number of hydrogen-bond donors (Lipinski definition) is 2. The van der Waals surface area contributed by atoms with Crippen LogP contribution in [0.2, 0.25) is 0 Å². The SMILES string of the molecule is CC1CC1C(=O)NCCC(=O)Nc1cc(S(=O)(=O)N2CCOCC2)ccc1N1CCCCCC1. The Morgan fingerprint density at radius 1 is 1.06 bits per heavy atom. The minimum atomic E-state index is -3.68. The zero-order chi connectivity index (χ0) is 24.1. The van der Waals surface area contributed by atoms with Crippen molar-refractivity contribution in [2.24, 2.45) is 11.8 Å². The second-order valence-corrected chi connectivity index (χ2v) is 11.4. The van der Waals surface area contributed by atoms with E-state index in [0.717, 1.165) is 38.0 Å². The summed E-state index contributed by atoms with van der Waals surface area (Å²) in [5.74, 6) is 0.242. The minimum absolute atomic E-state index is 0.00385. The number of nitrogens with zero attached hydrogens (tertiary/aromatic N) is 2. The second-order valence-electron chi connectivity index (χ2n) is 9.51. The van der Waals surface area contributed by atoms with Crippen molar-refractivity contribution in [3.63, 3.8) is 0 Å². The van der Waals surface area contributed by atoms with Crippen molar-refractivity contribution >= 4 is 33.2 Å². The molecule has 0 aromatic heterocycles. The summed E-state index contributed by atoms with van der Waals surface area (Å²) < 4.78 is 33.1. The molecule has 3 aliphatic rings. The average molecular weight is 493 g/mol. The number of hydrogen-bond acceptors (Lipinski definition) is 6. The third-order valence-electron chi connectivity index (χ3n) is 6.89. The Morgan fingerprint density at radius 3 is 2.38 bits per heavy atom. The van der Waals surface area contributed by atoms with E-state index < -0.39 is 10.0 Å². The molecule has 1 aliphatic carbocycles. The van der Waals surface area contributed by atoms with Gasteiger partial charge >= 0.3 is 0 Å². The van der Waals surface area contributed by atoms with Crippen molar-refractivity contribution in [3.05, 3.63) is 18.2 Å². The molecule has 0 radical (unpaired) electrons. The molecule has 1 aromatic rings. The van der Waals surface area contributed by atoms with Gasteiger partial charge in [-0.1, -0.05) is 19.8 Å². The van der Waals surface area contributed by atoms with Gasteiger partial charge in [0, 0.05) is 45.1 Å². The van der Waals surface area contributed by atoms with Crippen molar-refractivity contribution in [1.82, 2.24) is 9.62 Å². The predicted molar refractivity (Wildman–Crippen MR) is 130 cm³/mol. The number of benzene rings is 1. The molecule has 3 fully saturated rings. The molecule has 9 nitrogen and oxygen atoms in total. The van der Waals surface area contributed by atoms with Crippen molar-refractivity contribution in [3.8, 4) is 0 Å². The molecule has 2 heterocycles. The molecule has 4 rings (SSSR count). The van der Waals surface area contributed by atoms with Crippen molar-refractivity contribution in [2.45, 2.75) is 50.3 Å². The van der Waals surface area contributed by atoms with E-state index in [1.807, 2.05) is 13.0 Å². The van der Waals surface area contributed by atoms with Crippen LogP contribution in [0.25, 0.3) is 0 Å². The number of sulfonamides is 1. The quantitative estimate of drug-likeness (QED) is 0.576. The molecule has 2 unspecified atom stereocenters. The first-order valence-corrected chi connectivity index (χ1v) is 13.8. The van der Waals surface area contributed by atoms with Gasteiger partial charge in [0.15, 0.2) is 0 Å². The van der Waals surface area contributed by atoms with Gasteiger partial charge in [-0.25, -0.2) is 8.42 Å². The number of carbonyl (C=O) groups is 2. The lowest BCUT2D eigenvalue weighted by molar-refractivity contribution is -0.122. The average Bonchev–Trinajstić information content (AvgIpc) is 3.62. The van der Waals surface area contributed by atoms with E-state index in [4.69, 9.17) is 4.74 Å². The largest absolute Gasteiger partial charge is 0.379 e. The monoisotopic (exact) mass is 492 g/mol. The van der Waals surface area contributed by atoms with Crippen LogP contribution < -0.4 is 15.5 Å².